The van der Waals surface area contributed by atoms with E-state index in [9.17, 15) is 0 Å². The van der Waals surface area contributed by atoms with Gasteiger partial charge in [0.25, 0.3) is 0 Å². The smallest absolute Gasteiger partial charge is 0.0832 e. The number of halogens is 2. The third kappa shape index (κ3) is 9.20. The normalized spacial score (nSPS) is 4.50. The van der Waals surface area contributed by atoms with Crippen LogP contribution in [0.2, 0.25) is 0 Å². The second kappa shape index (κ2) is 8.84. The van der Waals surface area contributed by atoms with E-state index < -0.39 is 0 Å². The van der Waals surface area contributed by atoms with Gasteiger partial charge in [0.2, 0.25) is 0 Å². The molecule has 0 rings (SSSR count). The second-order valence-electron chi connectivity index (χ2n) is 0.0583. The van der Waals surface area contributed by atoms with Crippen LogP contribution < -0.4 is 0 Å². The van der Waals surface area contributed by atoms with E-state index >= 15 is 0 Å². The van der Waals surface area contributed by atoms with Crippen molar-refractivity contribution in [2.45, 2.75) is 0 Å². The minimum atomic E-state index is 0. The summed E-state index contributed by atoms with van der Waals surface area (Å²) in [7, 11) is 0. The van der Waals surface area contributed by atoms with Gasteiger partial charge in [-0.1, -0.05) is 0 Å². The standard InChI is InChI=1S/Cl2O.Ho/c1-3-2;. The van der Waals surface area contributed by atoms with Crippen molar-refractivity contribution >= 4 is 23.7 Å². The minimum Gasteiger partial charge on any atom is -0.166 e. The van der Waals surface area contributed by atoms with Crippen molar-refractivity contribution in [3.05, 3.63) is 0 Å². The van der Waals surface area contributed by atoms with Gasteiger partial charge in [0.15, 0.2) is 0 Å². The van der Waals surface area contributed by atoms with Gasteiger partial charge >= 0.3 is 0 Å². The Morgan fingerprint density at radius 3 is 1.25 bits per heavy atom. The molecule has 1 nitrogen and oxygen atoms in total. The fourth-order valence-corrected chi connectivity index (χ4v) is 0. The molecule has 0 heterocycles. The zero-order valence-electron chi connectivity index (χ0n) is 1.47. The Morgan fingerprint density at radius 1 is 1.25 bits per heavy atom. The van der Waals surface area contributed by atoms with E-state index in [1.54, 1.807) is 0 Å². The summed E-state index contributed by atoms with van der Waals surface area (Å²) < 4.78 is 3.19. The Balaban J connectivity index is 0. The molecule has 0 N–H and O–H groups in total. The molecule has 0 saturated heterocycles. The van der Waals surface area contributed by atoms with Gasteiger partial charge in [-0.15, -0.1) is 0 Å². The first-order valence-corrected chi connectivity index (χ1v) is 0.926. The van der Waals surface area contributed by atoms with E-state index in [-0.39, 0.29) is 37.7 Å². The van der Waals surface area contributed by atoms with Gasteiger partial charge < -0.3 is 0 Å². The summed E-state index contributed by atoms with van der Waals surface area (Å²) in [6.45, 7) is 0. The van der Waals surface area contributed by atoms with E-state index in [2.05, 4.69) is 27.6 Å². The maximum Gasteiger partial charge on any atom is 0.0832 e. The molecule has 0 amide bonds. The topological polar surface area (TPSA) is 9.23 Å². The first kappa shape index (κ1) is 9.25. The monoisotopic (exact) mass is 251 g/mol. The molecule has 0 spiro atoms. The van der Waals surface area contributed by atoms with Gasteiger partial charge in [-0.2, -0.15) is 3.84 Å². The maximum atomic E-state index is 4.26. The summed E-state index contributed by atoms with van der Waals surface area (Å²) in [6, 6.07) is 0. The van der Waals surface area contributed by atoms with Crippen LogP contribution >= 0.6 is 23.7 Å². The van der Waals surface area contributed by atoms with E-state index in [0.29, 0.717) is 0 Å². The van der Waals surface area contributed by atoms with Crippen molar-refractivity contribution in [3.63, 3.8) is 0 Å². The van der Waals surface area contributed by atoms with E-state index in [4.69, 9.17) is 0 Å². The molecule has 0 fully saturated rings. The summed E-state index contributed by atoms with van der Waals surface area (Å²) in [4.78, 5) is 0. The SMILES string of the molecule is ClOCl.[Ho]. The van der Waals surface area contributed by atoms with Crippen LogP contribution in [0.3, 0.4) is 0 Å². The third-order valence-electron chi connectivity index (χ3n) is 0. The van der Waals surface area contributed by atoms with Crippen molar-refractivity contribution < 1.29 is 41.6 Å². The van der Waals surface area contributed by atoms with Crippen LogP contribution in [0.1, 0.15) is 0 Å². The van der Waals surface area contributed by atoms with Crippen LogP contribution in [-0.2, 0) is 3.84 Å². The summed E-state index contributed by atoms with van der Waals surface area (Å²) in [5, 5.41) is 0. The molecule has 0 aromatic rings. The molecule has 0 aromatic carbocycles. The molecule has 0 aliphatic heterocycles. The summed E-state index contributed by atoms with van der Waals surface area (Å²) in [5.74, 6) is 0. The first-order valence-electron chi connectivity index (χ1n) is 0.309. The molecule has 0 aliphatic rings. The summed E-state index contributed by atoms with van der Waals surface area (Å²) >= 11 is 8.53. The molecule has 0 aliphatic carbocycles. The van der Waals surface area contributed by atoms with Gasteiger partial charge in [0, 0.05) is 37.7 Å². The van der Waals surface area contributed by atoms with Gasteiger partial charge in [0.05, 0.1) is 23.7 Å². The van der Waals surface area contributed by atoms with Crippen LogP contribution in [0.5, 0.6) is 0 Å². The molecule has 4 heteroatoms. The number of hydrogen-bond acceptors (Lipinski definition) is 1. The molecule has 0 saturated carbocycles. The fraction of sp³-hybridized carbons (Fsp3) is 0. The summed E-state index contributed by atoms with van der Waals surface area (Å²) in [6.07, 6.45) is 0. The summed E-state index contributed by atoms with van der Waals surface area (Å²) in [5.41, 5.74) is 0. The molecule has 4 heavy (non-hydrogen) atoms. The molecular formula is Cl2HoO. The van der Waals surface area contributed by atoms with Crippen LogP contribution in [0.4, 0.5) is 0 Å². The quantitative estimate of drug-likeness (QED) is 0.590. The van der Waals surface area contributed by atoms with Crippen LogP contribution in [-0.4, -0.2) is 0 Å². The van der Waals surface area contributed by atoms with Crippen molar-refractivity contribution in [2.24, 2.45) is 0 Å². The molecule has 0 bridgehead atoms. The van der Waals surface area contributed by atoms with Crippen LogP contribution in [0, 0.1) is 37.7 Å². The molecular weight excluding hydrogens is 252 g/mol. The predicted octanol–water partition coefficient (Wildman–Crippen LogP) is 1.31. The number of rotatable bonds is 0. The van der Waals surface area contributed by atoms with Crippen LogP contribution in [0.15, 0.2) is 0 Å². The Kier molecular flexibility index (Phi) is 20.5. The molecule has 0 atom stereocenters. The van der Waals surface area contributed by atoms with Crippen LogP contribution in [0.25, 0.3) is 0 Å². The van der Waals surface area contributed by atoms with Crippen molar-refractivity contribution in [1.82, 2.24) is 0 Å². The van der Waals surface area contributed by atoms with E-state index in [0.717, 1.165) is 0 Å². The van der Waals surface area contributed by atoms with E-state index in [1.807, 2.05) is 0 Å². The average Bonchev–Trinajstić information content (AvgIpc) is 0.918. The Labute approximate surface area is 64.6 Å². The molecule has 0 unspecified atom stereocenters. The van der Waals surface area contributed by atoms with Crippen molar-refractivity contribution in [3.8, 4) is 0 Å². The predicted molar refractivity (Wildman–Crippen MR) is 12.8 cm³/mol. The van der Waals surface area contributed by atoms with Gasteiger partial charge in [-0.3, -0.25) is 0 Å². The second-order valence-corrected chi connectivity index (χ2v) is 0.525. The average molecular weight is 252 g/mol. The van der Waals surface area contributed by atoms with Gasteiger partial charge in [-0.05, 0) is 0 Å². The first-order chi connectivity index (χ1) is 1.41. The number of hydrogen-bond donors (Lipinski definition) is 0. The Morgan fingerprint density at radius 2 is 1.25 bits per heavy atom. The largest absolute Gasteiger partial charge is 0.166 e. The Hall–Kier alpha value is 1.80. The van der Waals surface area contributed by atoms with Gasteiger partial charge in [0.1, 0.15) is 0 Å². The molecule has 1 radical (unpaired) electrons. The van der Waals surface area contributed by atoms with E-state index in [1.165, 1.54) is 0 Å². The molecule has 0 aromatic heterocycles. The molecule has 31 valence electrons. The Bertz CT molecular complexity index is 6.00. The van der Waals surface area contributed by atoms with Crippen molar-refractivity contribution in [2.75, 3.05) is 0 Å². The zero-order chi connectivity index (χ0) is 2.71. The fourth-order valence-electron chi connectivity index (χ4n) is 0. The maximum absolute atomic E-state index is 4.26. The van der Waals surface area contributed by atoms with Gasteiger partial charge in [-0.25, -0.2) is 0 Å². The zero-order valence-corrected chi connectivity index (χ0v) is 4.91. The minimum absolute atomic E-state index is 0. The third-order valence-corrected chi connectivity index (χ3v) is 0. The van der Waals surface area contributed by atoms with Crippen molar-refractivity contribution in [1.29, 1.82) is 0 Å².